The van der Waals surface area contributed by atoms with Crippen molar-refractivity contribution >= 4 is 17.0 Å². The van der Waals surface area contributed by atoms with Crippen LogP contribution < -0.4 is 10.6 Å². The van der Waals surface area contributed by atoms with Gasteiger partial charge in [0.2, 0.25) is 0 Å². The number of para-hydroxylation sites is 2. The van der Waals surface area contributed by atoms with Crippen LogP contribution in [0, 0.1) is 0 Å². The van der Waals surface area contributed by atoms with Crippen LogP contribution in [0.5, 0.6) is 0 Å². The first-order chi connectivity index (χ1) is 12.3. The van der Waals surface area contributed by atoms with Crippen molar-refractivity contribution < 1.29 is 9.47 Å². The van der Waals surface area contributed by atoms with Crippen molar-refractivity contribution in [2.75, 3.05) is 40.0 Å². The number of ether oxygens (including phenoxy) is 2. The Balaban J connectivity index is 1.30. The number of hydrogen-bond donors (Lipinski definition) is 3. The molecule has 0 spiro atoms. The van der Waals surface area contributed by atoms with Crippen LogP contribution in [0.25, 0.3) is 11.0 Å². The van der Waals surface area contributed by atoms with E-state index in [4.69, 9.17) is 9.47 Å². The second kappa shape index (κ2) is 9.39. The zero-order valence-electron chi connectivity index (χ0n) is 14.8. The highest BCUT2D eigenvalue weighted by Crippen LogP contribution is 2.10. The standard InChI is InChI=1S/C18H27N5O2/c1-19-18(20-9-4-11-25-14-8-12-24-13-14)21-10-7-17-22-15-5-2-3-6-16(15)23-17/h2-3,5-6,14H,4,7-13H2,1H3,(H,22,23)(H2,19,20,21). The van der Waals surface area contributed by atoms with E-state index in [1.807, 2.05) is 24.3 Å². The summed E-state index contributed by atoms with van der Waals surface area (Å²) in [4.78, 5) is 12.2. The molecular weight excluding hydrogens is 318 g/mol. The van der Waals surface area contributed by atoms with E-state index in [1.54, 1.807) is 7.05 Å². The molecule has 136 valence electrons. The van der Waals surface area contributed by atoms with E-state index in [0.717, 1.165) is 75.0 Å². The van der Waals surface area contributed by atoms with Crippen molar-refractivity contribution in [3.63, 3.8) is 0 Å². The number of H-pyrrole nitrogens is 1. The minimum Gasteiger partial charge on any atom is -0.379 e. The van der Waals surface area contributed by atoms with Gasteiger partial charge < -0.3 is 25.1 Å². The molecule has 2 heterocycles. The number of benzene rings is 1. The van der Waals surface area contributed by atoms with E-state index >= 15 is 0 Å². The molecule has 0 amide bonds. The first-order valence-corrected chi connectivity index (χ1v) is 8.92. The number of aromatic amines is 1. The van der Waals surface area contributed by atoms with Gasteiger partial charge in [-0.3, -0.25) is 4.99 Å². The van der Waals surface area contributed by atoms with Crippen LogP contribution in [0.2, 0.25) is 0 Å². The lowest BCUT2D eigenvalue weighted by atomic mass is 10.3. The molecule has 1 aliphatic heterocycles. The summed E-state index contributed by atoms with van der Waals surface area (Å²) in [6.45, 7) is 3.91. The van der Waals surface area contributed by atoms with Crippen molar-refractivity contribution in [2.45, 2.75) is 25.4 Å². The molecule has 1 atom stereocenters. The highest BCUT2D eigenvalue weighted by molar-refractivity contribution is 5.79. The number of fused-ring (bicyclic) bond motifs is 1. The Kier molecular flexibility index (Phi) is 6.64. The smallest absolute Gasteiger partial charge is 0.190 e. The second-order valence-corrected chi connectivity index (χ2v) is 6.09. The third kappa shape index (κ3) is 5.44. The summed E-state index contributed by atoms with van der Waals surface area (Å²) in [6.07, 6.45) is 3.06. The maximum absolute atomic E-state index is 5.75. The maximum atomic E-state index is 5.75. The molecule has 0 aliphatic carbocycles. The van der Waals surface area contributed by atoms with E-state index in [-0.39, 0.29) is 6.10 Å². The van der Waals surface area contributed by atoms with E-state index in [2.05, 4.69) is 25.6 Å². The summed E-state index contributed by atoms with van der Waals surface area (Å²) in [5.74, 6) is 1.79. The first-order valence-electron chi connectivity index (χ1n) is 8.92. The molecule has 1 fully saturated rings. The van der Waals surface area contributed by atoms with Gasteiger partial charge in [0.15, 0.2) is 5.96 Å². The molecule has 0 radical (unpaired) electrons. The van der Waals surface area contributed by atoms with Gasteiger partial charge in [-0.1, -0.05) is 12.1 Å². The van der Waals surface area contributed by atoms with Crippen molar-refractivity contribution in [2.24, 2.45) is 4.99 Å². The first kappa shape index (κ1) is 17.7. The van der Waals surface area contributed by atoms with E-state index < -0.39 is 0 Å². The van der Waals surface area contributed by atoms with Crippen LogP contribution in [0.15, 0.2) is 29.3 Å². The van der Waals surface area contributed by atoms with Crippen LogP contribution in [0.4, 0.5) is 0 Å². The number of nitrogens with one attached hydrogen (secondary N) is 3. The van der Waals surface area contributed by atoms with Crippen molar-refractivity contribution in [3.05, 3.63) is 30.1 Å². The summed E-state index contributed by atoms with van der Waals surface area (Å²) in [5, 5.41) is 6.62. The monoisotopic (exact) mass is 345 g/mol. The Bertz CT molecular complexity index is 646. The van der Waals surface area contributed by atoms with E-state index in [1.165, 1.54) is 0 Å². The van der Waals surface area contributed by atoms with E-state index in [0.29, 0.717) is 0 Å². The zero-order chi connectivity index (χ0) is 17.3. The second-order valence-electron chi connectivity index (χ2n) is 6.09. The number of nitrogens with zero attached hydrogens (tertiary/aromatic N) is 2. The minimum absolute atomic E-state index is 0.279. The predicted octanol–water partition coefficient (Wildman–Crippen LogP) is 1.47. The molecule has 2 aromatic rings. The number of aromatic nitrogens is 2. The molecule has 1 aromatic carbocycles. The molecule has 0 saturated carbocycles. The largest absolute Gasteiger partial charge is 0.379 e. The van der Waals surface area contributed by atoms with Gasteiger partial charge >= 0.3 is 0 Å². The van der Waals surface area contributed by atoms with Crippen LogP contribution in [-0.2, 0) is 15.9 Å². The Morgan fingerprint density at radius 1 is 1.36 bits per heavy atom. The molecule has 3 N–H and O–H groups in total. The van der Waals surface area contributed by atoms with Gasteiger partial charge in [0.05, 0.1) is 23.7 Å². The summed E-state index contributed by atoms with van der Waals surface area (Å²) < 4.78 is 11.0. The molecule has 1 aromatic heterocycles. The van der Waals surface area contributed by atoms with Gasteiger partial charge in [-0.2, -0.15) is 0 Å². The fraction of sp³-hybridized carbons (Fsp3) is 0.556. The highest BCUT2D eigenvalue weighted by Gasteiger charge is 2.15. The highest BCUT2D eigenvalue weighted by atomic mass is 16.5. The molecule has 25 heavy (non-hydrogen) atoms. The van der Waals surface area contributed by atoms with Gasteiger partial charge in [0.25, 0.3) is 0 Å². The maximum Gasteiger partial charge on any atom is 0.190 e. The van der Waals surface area contributed by atoms with Gasteiger partial charge in [-0.05, 0) is 25.0 Å². The summed E-state index contributed by atoms with van der Waals surface area (Å²) in [6, 6.07) is 8.07. The van der Waals surface area contributed by atoms with Crippen molar-refractivity contribution in [1.82, 2.24) is 20.6 Å². The lowest BCUT2D eigenvalue weighted by Crippen LogP contribution is -2.39. The van der Waals surface area contributed by atoms with Crippen LogP contribution in [0.1, 0.15) is 18.7 Å². The number of rotatable bonds is 8. The van der Waals surface area contributed by atoms with Crippen LogP contribution >= 0.6 is 0 Å². The van der Waals surface area contributed by atoms with Crippen molar-refractivity contribution in [3.8, 4) is 0 Å². The summed E-state index contributed by atoms with van der Waals surface area (Å²) in [5.41, 5.74) is 2.08. The van der Waals surface area contributed by atoms with Gasteiger partial charge in [-0.25, -0.2) is 4.98 Å². The number of imidazole rings is 1. The average molecular weight is 345 g/mol. The normalized spacial score (nSPS) is 18.0. The zero-order valence-corrected chi connectivity index (χ0v) is 14.8. The Hall–Kier alpha value is -2.12. The number of aliphatic imine (C=N–C) groups is 1. The molecule has 0 bridgehead atoms. The van der Waals surface area contributed by atoms with Crippen LogP contribution in [0.3, 0.4) is 0 Å². The fourth-order valence-corrected chi connectivity index (χ4v) is 2.82. The predicted molar refractivity (Wildman–Crippen MR) is 99.0 cm³/mol. The summed E-state index contributed by atoms with van der Waals surface area (Å²) >= 11 is 0. The third-order valence-electron chi connectivity index (χ3n) is 4.17. The average Bonchev–Trinajstić information content (AvgIpc) is 3.28. The topological polar surface area (TPSA) is 83.6 Å². The molecule has 3 rings (SSSR count). The van der Waals surface area contributed by atoms with Gasteiger partial charge in [0, 0.05) is 39.8 Å². The molecule has 7 heteroatoms. The fourth-order valence-electron chi connectivity index (χ4n) is 2.82. The Labute approximate surface area is 148 Å². The van der Waals surface area contributed by atoms with Gasteiger partial charge in [0.1, 0.15) is 5.82 Å². The van der Waals surface area contributed by atoms with Crippen molar-refractivity contribution in [1.29, 1.82) is 0 Å². The quantitative estimate of drug-likeness (QED) is 0.383. The van der Waals surface area contributed by atoms with Crippen LogP contribution in [-0.4, -0.2) is 62.0 Å². The molecular formula is C18H27N5O2. The SMILES string of the molecule is CN=C(NCCCOC1CCOC1)NCCc1nc2ccccc2[nH]1. The molecule has 7 nitrogen and oxygen atoms in total. The molecule has 1 saturated heterocycles. The number of guanidine groups is 1. The molecule has 1 aliphatic rings. The lowest BCUT2D eigenvalue weighted by Gasteiger charge is -2.12. The summed E-state index contributed by atoms with van der Waals surface area (Å²) in [7, 11) is 1.78. The Morgan fingerprint density at radius 2 is 2.24 bits per heavy atom. The molecule has 1 unspecified atom stereocenters. The minimum atomic E-state index is 0.279. The lowest BCUT2D eigenvalue weighted by molar-refractivity contribution is 0.0420. The Morgan fingerprint density at radius 3 is 3.04 bits per heavy atom. The van der Waals surface area contributed by atoms with E-state index in [9.17, 15) is 0 Å². The number of hydrogen-bond acceptors (Lipinski definition) is 4. The van der Waals surface area contributed by atoms with Gasteiger partial charge in [-0.15, -0.1) is 0 Å². The third-order valence-corrected chi connectivity index (χ3v) is 4.17.